The predicted molar refractivity (Wildman–Crippen MR) is 45.3 cm³/mol. The molecule has 7 nitrogen and oxygen atoms in total. The van der Waals surface area contributed by atoms with E-state index in [0.29, 0.717) is 5.82 Å². The van der Waals surface area contributed by atoms with Crippen molar-refractivity contribution in [2.45, 2.75) is 20.1 Å². The molecule has 1 N–H and O–H groups in total. The maximum absolute atomic E-state index is 10.6. The Morgan fingerprint density at radius 3 is 3.00 bits per heavy atom. The van der Waals surface area contributed by atoms with Gasteiger partial charge in [0.1, 0.15) is 6.61 Å². The monoisotopic (exact) mass is 200 g/mol. The molecule has 0 aliphatic rings. The summed E-state index contributed by atoms with van der Waals surface area (Å²) in [5.41, 5.74) is 0. The zero-order chi connectivity index (χ0) is 10.6. The number of nitrogens with zero attached hydrogens (tertiary/aromatic N) is 4. The summed E-state index contributed by atoms with van der Waals surface area (Å²) in [6, 6.07) is 0. The van der Waals surface area contributed by atoms with Crippen LogP contribution in [0.4, 0.5) is 0 Å². The number of hydrogen-bond acceptors (Lipinski definition) is 5. The van der Waals surface area contributed by atoms with Crippen molar-refractivity contribution in [3.05, 3.63) is 5.82 Å². The second kappa shape index (κ2) is 4.66. The van der Waals surface area contributed by atoms with Crippen LogP contribution in [0.25, 0.3) is 0 Å². The van der Waals surface area contributed by atoms with Gasteiger partial charge in [-0.3, -0.25) is 4.79 Å². The van der Waals surface area contributed by atoms with Gasteiger partial charge < -0.3 is 9.84 Å². The van der Waals surface area contributed by atoms with Crippen molar-refractivity contribution < 1.29 is 14.6 Å². The summed E-state index contributed by atoms with van der Waals surface area (Å²) in [6.07, 6.45) is 0. The van der Waals surface area contributed by atoms with Gasteiger partial charge in [-0.1, -0.05) is 6.92 Å². The largest absolute Gasteiger partial charge is 0.481 e. The van der Waals surface area contributed by atoms with E-state index in [-0.39, 0.29) is 13.2 Å². The lowest BCUT2D eigenvalue weighted by Gasteiger charge is -2.06. The summed E-state index contributed by atoms with van der Waals surface area (Å²) in [6.45, 7) is 2.13. The van der Waals surface area contributed by atoms with Crippen LogP contribution in [0.5, 0.6) is 0 Å². The van der Waals surface area contributed by atoms with Crippen LogP contribution in [-0.4, -0.2) is 38.4 Å². The molecule has 0 saturated heterocycles. The van der Waals surface area contributed by atoms with Crippen molar-refractivity contribution >= 4 is 5.97 Å². The molecule has 7 heteroatoms. The molecule has 14 heavy (non-hydrogen) atoms. The Hall–Kier alpha value is -1.50. The number of aromatic nitrogens is 4. The molecule has 0 saturated carbocycles. The normalized spacial score (nSPS) is 12.7. The molecular formula is C7H12N4O3. The lowest BCUT2D eigenvalue weighted by molar-refractivity contribution is -0.141. The van der Waals surface area contributed by atoms with Crippen molar-refractivity contribution in [1.82, 2.24) is 20.2 Å². The van der Waals surface area contributed by atoms with Gasteiger partial charge >= 0.3 is 5.97 Å². The van der Waals surface area contributed by atoms with Gasteiger partial charge in [-0.15, -0.1) is 5.10 Å². The first-order chi connectivity index (χ1) is 6.65. The van der Waals surface area contributed by atoms with Crippen molar-refractivity contribution in [3.63, 3.8) is 0 Å². The lowest BCUT2D eigenvalue weighted by Crippen LogP contribution is -2.19. The lowest BCUT2D eigenvalue weighted by atomic mass is 10.2. The molecule has 0 fully saturated rings. The number of carbonyl (C=O) groups is 1. The number of rotatable bonds is 5. The first kappa shape index (κ1) is 10.6. The van der Waals surface area contributed by atoms with Gasteiger partial charge in [0.2, 0.25) is 0 Å². The van der Waals surface area contributed by atoms with E-state index in [1.165, 1.54) is 11.8 Å². The molecule has 0 aliphatic carbocycles. The van der Waals surface area contributed by atoms with Crippen molar-refractivity contribution in [2.24, 2.45) is 5.92 Å². The third-order valence-corrected chi connectivity index (χ3v) is 1.75. The summed E-state index contributed by atoms with van der Waals surface area (Å²) in [5, 5.41) is 19.5. The Kier molecular flexibility index (Phi) is 3.52. The fourth-order valence-electron chi connectivity index (χ4n) is 0.935. The van der Waals surface area contributed by atoms with E-state index in [9.17, 15) is 4.79 Å². The second-order valence-electron chi connectivity index (χ2n) is 2.95. The maximum Gasteiger partial charge on any atom is 0.308 e. The van der Waals surface area contributed by atoms with Crippen LogP contribution < -0.4 is 0 Å². The van der Waals surface area contributed by atoms with Gasteiger partial charge in [0.05, 0.1) is 12.5 Å². The van der Waals surface area contributed by atoms with Gasteiger partial charge in [-0.2, -0.15) is 0 Å². The van der Waals surface area contributed by atoms with Gasteiger partial charge in [0.15, 0.2) is 5.82 Å². The number of ether oxygens (including phenoxy) is 1. The molecule has 1 atom stereocenters. The van der Waals surface area contributed by atoms with Crippen molar-refractivity contribution in [3.8, 4) is 0 Å². The second-order valence-corrected chi connectivity index (χ2v) is 2.95. The highest BCUT2D eigenvalue weighted by atomic mass is 16.5. The van der Waals surface area contributed by atoms with Crippen LogP contribution >= 0.6 is 0 Å². The zero-order valence-corrected chi connectivity index (χ0v) is 8.04. The molecule has 1 aromatic rings. The third-order valence-electron chi connectivity index (χ3n) is 1.75. The minimum absolute atomic E-state index is 0.251. The Bertz CT molecular complexity index is 312. The smallest absolute Gasteiger partial charge is 0.308 e. The standard InChI is InChI=1S/C7H12N4O3/c1-5(7(12)13)3-11-6(4-14-2)8-9-10-11/h5H,3-4H2,1-2H3,(H,12,13). The first-order valence-corrected chi connectivity index (χ1v) is 4.12. The maximum atomic E-state index is 10.6. The molecule has 0 spiro atoms. The van der Waals surface area contributed by atoms with E-state index in [1.807, 2.05) is 0 Å². The van der Waals surface area contributed by atoms with E-state index >= 15 is 0 Å². The van der Waals surface area contributed by atoms with Crippen LogP contribution in [0.3, 0.4) is 0 Å². The predicted octanol–water partition coefficient (Wildman–Crippen LogP) is -0.460. The highest BCUT2D eigenvalue weighted by Crippen LogP contribution is 2.02. The molecule has 0 aromatic carbocycles. The number of methoxy groups -OCH3 is 1. The number of hydrogen-bond donors (Lipinski definition) is 1. The van der Waals surface area contributed by atoms with E-state index < -0.39 is 11.9 Å². The Labute approximate surface area is 80.7 Å². The number of aliphatic carboxylic acids is 1. The van der Waals surface area contributed by atoms with Gasteiger partial charge in [0.25, 0.3) is 0 Å². The number of tetrazole rings is 1. The minimum Gasteiger partial charge on any atom is -0.481 e. The first-order valence-electron chi connectivity index (χ1n) is 4.12. The molecule has 1 rings (SSSR count). The molecule has 1 aromatic heterocycles. The van der Waals surface area contributed by atoms with Crippen LogP contribution in [0.15, 0.2) is 0 Å². The third kappa shape index (κ3) is 2.49. The molecular weight excluding hydrogens is 188 g/mol. The van der Waals surface area contributed by atoms with Crippen LogP contribution in [-0.2, 0) is 22.7 Å². The average Bonchev–Trinajstić information content (AvgIpc) is 2.53. The van der Waals surface area contributed by atoms with Crippen molar-refractivity contribution in [2.75, 3.05) is 7.11 Å². The van der Waals surface area contributed by atoms with Crippen LogP contribution in [0.2, 0.25) is 0 Å². The SMILES string of the molecule is COCc1nnnn1CC(C)C(=O)O. The number of carboxylic acids is 1. The summed E-state index contributed by atoms with van der Waals surface area (Å²) in [7, 11) is 1.53. The quantitative estimate of drug-likeness (QED) is 0.691. The van der Waals surface area contributed by atoms with Crippen LogP contribution in [0.1, 0.15) is 12.7 Å². The molecule has 1 unspecified atom stereocenters. The van der Waals surface area contributed by atoms with Crippen LogP contribution in [0, 0.1) is 5.92 Å². The van der Waals surface area contributed by atoms with Gasteiger partial charge in [0, 0.05) is 7.11 Å². The Morgan fingerprint density at radius 1 is 1.71 bits per heavy atom. The van der Waals surface area contributed by atoms with E-state index in [4.69, 9.17) is 9.84 Å². The van der Waals surface area contributed by atoms with E-state index in [1.54, 1.807) is 6.92 Å². The topological polar surface area (TPSA) is 90.1 Å². The summed E-state index contributed by atoms with van der Waals surface area (Å²) in [5.74, 6) is -0.862. The molecule has 0 amide bonds. The minimum atomic E-state index is -0.871. The fourth-order valence-corrected chi connectivity index (χ4v) is 0.935. The highest BCUT2D eigenvalue weighted by molar-refractivity contribution is 5.69. The molecule has 1 heterocycles. The summed E-state index contributed by atoms with van der Waals surface area (Å²) < 4.78 is 6.29. The highest BCUT2D eigenvalue weighted by Gasteiger charge is 2.15. The zero-order valence-electron chi connectivity index (χ0n) is 8.04. The van der Waals surface area contributed by atoms with E-state index in [2.05, 4.69) is 15.5 Å². The Morgan fingerprint density at radius 2 is 2.43 bits per heavy atom. The molecule has 0 aliphatic heterocycles. The Balaban J connectivity index is 2.66. The van der Waals surface area contributed by atoms with Gasteiger partial charge in [-0.05, 0) is 10.4 Å². The molecule has 0 bridgehead atoms. The fraction of sp³-hybridized carbons (Fsp3) is 0.714. The van der Waals surface area contributed by atoms with Gasteiger partial charge in [-0.25, -0.2) is 4.68 Å². The van der Waals surface area contributed by atoms with Crippen molar-refractivity contribution in [1.29, 1.82) is 0 Å². The summed E-state index contributed by atoms with van der Waals surface area (Å²) >= 11 is 0. The molecule has 78 valence electrons. The number of carboxylic acid groups (broad SMARTS) is 1. The average molecular weight is 200 g/mol. The summed E-state index contributed by atoms with van der Waals surface area (Å²) in [4.78, 5) is 10.6. The molecule has 0 radical (unpaired) electrons. The van der Waals surface area contributed by atoms with E-state index in [0.717, 1.165) is 0 Å².